The van der Waals surface area contributed by atoms with Crippen LogP contribution in [-0.4, -0.2) is 16.2 Å². The van der Waals surface area contributed by atoms with E-state index in [-0.39, 0.29) is 5.54 Å². The first-order valence-electron chi connectivity index (χ1n) is 6.76. The molecule has 0 unspecified atom stereocenters. The van der Waals surface area contributed by atoms with Crippen LogP contribution in [0.2, 0.25) is 0 Å². The van der Waals surface area contributed by atoms with Gasteiger partial charge in [0.05, 0.1) is 5.71 Å². The quantitative estimate of drug-likeness (QED) is 0.825. The molecule has 0 fully saturated rings. The van der Waals surface area contributed by atoms with E-state index in [0.717, 1.165) is 22.5 Å². The largest absolute Gasteiger partial charge is 0.365 e. The van der Waals surface area contributed by atoms with Gasteiger partial charge in [0.15, 0.2) is 0 Å². The molecule has 0 bridgehead atoms. The van der Waals surface area contributed by atoms with Crippen molar-refractivity contribution in [3.63, 3.8) is 0 Å². The third kappa shape index (κ3) is 3.23. The Kier molecular flexibility index (Phi) is 3.89. The monoisotopic (exact) mass is 267 g/mol. The van der Waals surface area contributed by atoms with Crippen molar-refractivity contribution in [3.8, 4) is 0 Å². The second-order valence-corrected chi connectivity index (χ2v) is 5.96. The van der Waals surface area contributed by atoms with E-state index in [0.29, 0.717) is 5.71 Å². The van der Waals surface area contributed by atoms with Crippen LogP contribution in [0.4, 0.5) is 5.82 Å². The lowest BCUT2D eigenvalue weighted by atomic mass is 9.98. The van der Waals surface area contributed by atoms with Crippen LogP contribution in [0.25, 0.3) is 0 Å². The number of pyridine rings is 1. The van der Waals surface area contributed by atoms with Crippen molar-refractivity contribution in [1.82, 2.24) is 4.98 Å². The third-order valence-electron chi connectivity index (χ3n) is 2.98. The van der Waals surface area contributed by atoms with Crippen molar-refractivity contribution in [2.24, 2.45) is 0 Å². The van der Waals surface area contributed by atoms with Crippen molar-refractivity contribution in [2.45, 2.75) is 33.2 Å². The minimum absolute atomic E-state index is 0.0882. The molecule has 1 aromatic carbocycles. The summed E-state index contributed by atoms with van der Waals surface area (Å²) in [5, 5.41) is 11.8. The van der Waals surface area contributed by atoms with Crippen LogP contribution in [0.15, 0.2) is 42.6 Å². The number of nitrogens with one attached hydrogen (secondary N) is 2. The summed E-state index contributed by atoms with van der Waals surface area (Å²) < 4.78 is 0. The van der Waals surface area contributed by atoms with Crippen LogP contribution in [0, 0.1) is 12.3 Å². The predicted molar refractivity (Wildman–Crippen MR) is 84.7 cm³/mol. The molecule has 3 nitrogen and oxygen atoms in total. The SMILES string of the molecule is Cc1ccccc1C(=N)c1cccnc1NC(C)(C)C. The normalized spacial score (nSPS) is 11.2. The maximum absolute atomic E-state index is 8.48. The second-order valence-electron chi connectivity index (χ2n) is 5.96. The Labute approximate surface area is 120 Å². The van der Waals surface area contributed by atoms with Gasteiger partial charge in [0, 0.05) is 22.9 Å². The Hall–Kier alpha value is -2.16. The van der Waals surface area contributed by atoms with E-state index in [1.807, 2.05) is 43.3 Å². The maximum atomic E-state index is 8.48. The number of anilines is 1. The fourth-order valence-corrected chi connectivity index (χ4v) is 2.06. The number of hydrogen-bond acceptors (Lipinski definition) is 3. The Bertz CT molecular complexity index is 624. The van der Waals surface area contributed by atoms with Gasteiger partial charge in [0.25, 0.3) is 0 Å². The molecule has 0 radical (unpaired) electrons. The molecule has 1 heterocycles. The van der Waals surface area contributed by atoms with Crippen LogP contribution >= 0.6 is 0 Å². The smallest absolute Gasteiger partial charge is 0.135 e. The second kappa shape index (κ2) is 5.45. The molecule has 3 heteroatoms. The molecule has 2 N–H and O–H groups in total. The van der Waals surface area contributed by atoms with Crippen molar-refractivity contribution in [2.75, 3.05) is 5.32 Å². The van der Waals surface area contributed by atoms with Crippen molar-refractivity contribution >= 4 is 11.5 Å². The molecule has 0 saturated heterocycles. The lowest BCUT2D eigenvalue weighted by molar-refractivity contribution is 0.630. The molecule has 0 aliphatic rings. The van der Waals surface area contributed by atoms with Gasteiger partial charge >= 0.3 is 0 Å². The standard InChI is InChI=1S/C17H21N3/c1-12-8-5-6-9-13(12)15(18)14-10-7-11-19-16(14)20-17(2,3)4/h5-11,18H,1-4H3,(H,19,20). The molecule has 0 atom stereocenters. The first-order valence-corrected chi connectivity index (χ1v) is 6.76. The highest BCUT2D eigenvalue weighted by molar-refractivity contribution is 6.14. The van der Waals surface area contributed by atoms with E-state index < -0.39 is 0 Å². The zero-order chi connectivity index (χ0) is 14.8. The number of aryl methyl sites for hydroxylation is 1. The third-order valence-corrected chi connectivity index (χ3v) is 2.98. The number of nitrogens with zero attached hydrogens (tertiary/aromatic N) is 1. The van der Waals surface area contributed by atoms with E-state index >= 15 is 0 Å². The number of aromatic nitrogens is 1. The zero-order valence-corrected chi connectivity index (χ0v) is 12.5. The minimum atomic E-state index is -0.0882. The topological polar surface area (TPSA) is 48.8 Å². The van der Waals surface area contributed by atoms with Crippen LogP contribution in [0.5, 0.6) is 0 Å². The minimum Gasteiger partial charge on any atom is -0.365 e. The summed E-state index contributed by atoms with van der Waals surface area (Å²) in [5.41, 5.74) is 3.29. The summed E-state index contributed by atoms with van der Waals surface area (Å²) in [6.07, 6.45) is 1.75. The average Bonchev–Trinajstić information content (AvgIpc) is 2.37. The van der Waals surface area contributed by atoms with Gasteiger partial charge in [-0.2, -0.15) is 0 Å². The molecule has 0 spiro atoms. The van der Waals surface area contributed by atoms with Gasteiger partial charge in [-0.05, 0) is 45.4 Å². The lowest BCUT2D eigenvalue weighted by Crippen LogP contribution is -2.28. The average molecular weight is 267 g/mol. The van der Waals surface area contributed by atoms with Gasteiger partial charge in [-0.1, -0.05) is 24.3 Å². The molecule has 1 aromatic heterocycles. The molecule has 0 aliphatic heterocycles. The van der Waals surface area contributed by atoms with Gasteiger partial charge in [-0.25, -0.2) is 4.98 Å². The Balaban J connectivity index is 2.43. The molecular formula is C17H21N3. The van der Waals surface area contributed by atoms with Crippen LogP contribution < -0.4 is 5.32 Å². The molecule has 2 rings (SSSR count). The zero-order valence-electron chi connectivity index (χ0n) is 12.5. The van der Waals surface area contributed by atoms with Gasteiger partial charge in [0.1, 0.15) is 5.82 Å². The summed E-state index contributed by atoms with van der Waals surface area (Å²) in [4.78, 5) is 4.39. The molecule has 2 aromatic rings. The Morgan fingerprint density at radius 1 is 1.05 bits per heavy atom. The first-order chi connectivity index (χ1) is 9.38. The van der Waals surface area contributed by atoms with E-state index in [9.17, 15) is 0 Å². The number of rotatable bonds is 3. The van der Waals surface area contributed by atoms with Gasteiger partial charge < -0.3 is 5.32 Å². The van der Waals surface area contributed by atoms with Crippen molar-refractivity contribution in [1.29, 1.82) is 5.41 Å². The van der Waals surface area contributed by atoms with Crippen molar-refractivity contribution < 1.29 is 0 Å². The molecule has 0 aliphatic carbocycles. The molecule has 104 valence electrons. The van der Waals surface area contributed by atoms with Gasteiger partial charge in [0.2, 0.25) is 0 Å². The van der Waals surface area contributed by atoms with Crippen LogP contribution in [-0.2, 0) is 0 Å². The van der Waals surface area contributed by atoms with Crippen LogP contribution in [0.1, 0.15) is 37.5 Å². The summed E-state index contributed by atoms with van der Waals surface area (Å²) >= 11 is 0. The van der Waals surface area contributed by atoms with Crippen molar-refractivity contribution in [3.05, 3.63) is 59.3 Å². The summed E-state index contributed by atoms with van der Waals surface area (Å²) in [7, 11) is 0. The Morgan fingerprint density at radius 2 is 1.70 bits per heavy atom. The summed E-state index contributed by atoms with van der Waals surface area (Å²) in [6.45, 7) is 8.28. The summed E-state index contributed by atoms with van der Waals surface area (Å²) in [5.74, 6) is 0.758. The number of hydrogen-bond donors (Lipinski definition) is 2. The molecule has 20 heavy (non-hydrogen) atoms. The van der Waals surface area contributed by atoms with Gasteiger partial charge in [-0.3, -0.25) is 5.41 Å². The van der Waals surface area contributed by atoms with E-state index in [2.05, 4.69) is 31.1 Å². The maximum Gasteiger partial charge on any atom is 0.135 e. The summed E-state index contributed by atoms with van der Waals surface area (Å²) in [6, 6.07) is 11.8. The van der Waals surface area contributed by atoms with Crippen LogP contribution in [0.3, 0.4) is 0 Å². The van der Waals surface area contributed by atoms with E-state index in [1.165, 1.54) is 0 Å². The molecule has 0 amide bonds. The molecular weight excluding hydrogens is 246 g/mol. The highest BCUT2D eigenvalue weighted by atomic mass is 15.0. The fraction of sp³-hybridized carbons (Fsp3) is 0.294. The highest BCUT2D eigenvalue weighted by Crippen LogP contribution is 2.21. The lowest BCUT2D eigenvalue weighted by Gasteiger charge is -2.23. The number of benzene rings is 1. The van der Waals surface area contributed by atoms with Gasteiger partial charge in [-0.15, -0.1) is 0 Å². The highest BCUT2D eigenvalue weighted by Gasteiger charge is 2.16. The predicted octanol–water partition coefficient (Wildman–Crippen LogP) is 4.02. The fourth-order valence-electron chi connectivity index (χ4n) is 2.06. The molecule has 0 saturated carbocycles. The first kappa shape index (κ1) is 14.3. The Morgan fingerprint density at radius 3 is 2.35 bits per heavy atom. The van der Waals surface area contributed by atoms with E-state index in [1.54, 1.807) is 6.20 Å². The van der Waals surface area contributed by atoms with E-state index in [4.69, 9.17) is 5.41 Å².